The lowest BCUT2D eigenvalue weighted by molar-refractivity contribution is -0.145. The summed E-state index contributed by atoms with van der Waals surface area (Å²) < 4.78 is 5.33. The van der Waals surface area contributed by atoms with Crippen LogP contribution in [0.15, 0.2) is 54.1 Å². The van der Waals surface area contributed by atoms with Crippen LogP contribution >= 0.6 is 0 Å². The standard InChI is InChI=1S/C28H31NO4/c1-3-5-21-14-16-28(17-15-21,27(31)32)24-10-6-22(7-11-24)18-23(19-29)26(30)33-25-12-8-20(4-2)9-13-25/h6-13,18,21H,3-5,14-17H2,1-2H3,(H,31,32). The topological polar surface area (TPSA) is 87.4 Å². The van der Waals surface area contributed by atoms with Gasteiger partial charge in [0.25, 0.3) is 0 Å². The molecule has 0 unspecified atom stereocenters. The number of carbonyl (C=O) groups is 2. The fraction of sp³-hybridized carbons (Fsp3) is 0.393. The average Bonchev–Trinajstić information content (AvgIpc) is 2.84. The number of aliphatic carboxylic acids is 1. The highest BCUT2D eigenvalue weighted by atomic mass is 16.5. The van der Waals surface area contributed by atoms with Gasteiger partial charge in [0.15, 0.2) is 0 Å². The van der Waals surface area contributed by atoms with Crippen LogP contribution in [0.4, 0.5) is 0 Å². The van der Waals surface area contributed by atoms with Crippen molar-refractivity contribution in [1.29, 1.82) is 5.26 Å². The first-order valence-corrected chi connectivity index (χ1v) is 11.7. The Balaban J connectivity index is 1.75. The van der Waals surface area contributed by atoms with Crippen LogP contribution in [0.5, 0.6) is 5.75 Å². The quantitative estimate of drug-likeness (QED) is 0.230. The number of rotatable bonds is 8. The molecule has 1 aliphatic rings. The van der Waals surface area contributed by atoms with Crippen molar-refractivity contribution < 1.29 is 19.4 Å². The van der Waals surface area contributed by atoms with Crippen molar-refractivity contribution in [3.05, 3.63) is 70.8 Å². The third-order valence-corrected chi connectivity index (χ3v) is 6.72. The third-order valence-electron chi connectivity index (χ3n) is 6.72. The van der Waals surface area contributed by atoms with Crippen LogP contribution in [0.2, 0.25) is 0 Å². The highest BCUT2D eigenvalue weighted by molar-refractivity contribution is 5.99. The molecule has 5 heteroatoms. The maximum atomic E-state index is 12.5. The number of carbonyl (C=O) groups excluding carboxylic acids is 1. The maximum Gasteiger partial charge on any atom is 0.354 e. The molecule has 0 radical (unpaired) electrons. The van der Waals surface area contributed by atoms with Gasteiger partial charge >= 0.3 is 11.9 Å². The third kappa shape index (κ3) is 5.70. The largest absolute Gasteiger partial charge is 0.481 e. The summed E-state index contributed by atoms with van der Waals surface area (Å²) >= 11 is 0. The van der Waals surface area contributed by atoms with Gasteiger partial charge in [0.1, 0.15) is 17.4 Å². The minimum Gasteiger partial charge on any atom is -0.481 e. The molecule has 0 heterocycles. The van der Waals surface area contributed by atoms with Gasteiger partial charge in [-0.3, -0.25) is 4.79 Å². The molecule has 2 aromatic rings. The molecule has 0 atom stereocenters. The van der Waals surface area contributed by atoms with Crippen molar-refractivity contribution >= 4 is 18.0 Å². The molecule has 0 saturated heterocycles. The predicted octanol–water partition coefficient (Wildman–Crippen LogP) is 6.07. The lowest BCUT2D eigenvalue weighted by Crippen LogP contribution is -2.39. The van der Waals surface area contributed by atoms with Crippen molar-refractivity contribution in [3.8, 4) is 11.8 Å². The van der Waals surface area contributed by atoms with Crippen LogP contribution in [0, 0.1) is 17.2 Å². The van der Waals surface area contributed by atoms with Gasteiger partial charge in [0.2, 0.25) is 0 Å². The van der Waals surface area contributed by atoms with Crippen molar-refractivity contribution in [2.45, 2.75) is 64.2 Å². The number of nitrogens with zero attached hydrogens (tertiary/aromatic N) is 1. The molecule has 3 rings (SSSR count). The second kappa shape index (κ2) is 11.0. The number of esters is 1. The molecule has 1 N–H and O–H groups in total. The Morgan fingerprint density at radius 3 is 2.24 bits per heavy atom. The SMILES string of the molecule is CCCC1CCC(C(=O)O)(c2ccc(C=C(C#N)C(=O)Oc3ccc(CC)cc3)cc2)CC1. The molecule has 0 bridgehead atoms. The fourth-order valence-corrected chi connectivity index (χ4v) is 4.65. The van der Waals surface area contributed by atoms with Crippen LogP contribution in [0.1, 0.15) is 69.1 Å². The molecule has 0 spiro atoms. The zero-order chi connectivity index (χ0) is 23.8. The number of aryl methyl sites for hydroxylation is 1. The van der Waals surface area contributed by atoms with Crippen molar-refractivity contribution in [3.63, 3.8) is 0 Å². The molecule has 1 fully saturated rings. The predicted molar refractivity (Wildman–Crippen MR) is 128 cm³/mol. The van der Waals surface area contributed by atoms with Crippen LogP contribution in [-0.2, 0) is 21.4 Å². The number of carboxylic acids is 1. The first-order valence-electron chi connectivity index (χ1n) is 11.7. The lowest BCUT2D eigenvalue weighted by atomic mass is 9.66. The Morgan fingerprint density at radius 2 is 1.73 bits per heavy atom. The minimum absolute atomic E-state index is 0.115. The molecular formula is C28H31NO4. The molecular weight excluding hydrogens is 414 g/mol. The van der Waals surface area contributed by atoms with E-state index in [1.165, 1.54) is 6.08 Å². The number of benzene rings is 2. The Bertz CT molecular complexity index is 1040. The smallest absolute Gasteiger partial charge is 0.354 e. The maximum absolute atomic E-state index is 12.5. The first-order chi connectivity index (χ1) is 15.9. The average molecular weight is 446 g/mol. The Kier molecular flexibility index (Phi) is 8.06. The van der Waals surface area contributed by atoms with Gasteiger partial charge in [-0.05, 0) is 72.9 Å². The van der Waals surface area contributed by atoms with E-state index >= 15 is 0 Å². The molecule has 1 saturated carbocycles. The van der Waals surface area contributed by atoms with E-state index in [-0.39, 0.29) is 5.57 Å². The van der Waals surface area contributed by atoms with Gasteiger partial charge in [-0.25, -0.2) is 4.79 Å². The molecule has 33 heavy (non-hydrogen) atoms. The van der Waals surface area contributed by atoms with Gasteiger partial charge in [0.05, 0.1) is 5.41 Å². The Labute approximate surface area is 195 Å². The highest BCUT2D eigenvalue weighted by Gasteiger charge is 2.43. The number of hydrogen-bond acceptors (Lipinski definition) is 4. The van der Waals surface area contributed by atoms with Gasteiger partial charge in [-0.1, -0.05) is 63.1 Å². The van der Waals surface area contributed by atoms with E-state index < -0.39 is 17.4 Å². The van der Waals surface area contributed by atoms with Crippen molar-refractivity contribution in [2.75, 3.05) is 0 Å². The second-order valence-corrected chi connectivity index (χ2v) is 8.80. The zero-order valence-corrected chi connectivity index (χ0v) is 19.3. The number of nitriles is 1. The monoisotopic (exact) mass is 445 g/mol. The van der Waals surface area contributed by atoms with E-state index in [4.69, 9.17) is 4.74 Å². The summed E-state index contributed by atoms with van der Waals surface area (Å²) in [7, 11) is 0. The van der Waals surface area contributed by atoms with Gasteiger partial charge in [-0.15, -0.1) is 0 Å². The van der Waals surface area contributed by atoms with Crippen molar-refractivity contribution in [1.82, 2.24) is 0 Å². The molecule has 0 amide bonds. The van der Waals surface area contributed by atoms with Crippen LogP contribution in [-0.4, -0.2) is 17.0 Å². The summed E-state index contributed by atoms with van der Waals surface area (Å²) in [4.78, 5) is 24.7. The summed E-state index contributed by atoms with van der Waals surface area (Å²) in [6.45, 7) is 4.21. The van der Waals surface area contributed by atoms with Crippen LogP contribution in [0.3, 0.4) is 0 Å². The zero-order valence-electron chi connectivity index (χ0n) is 19.3. The number of carboxylic acid groups (broad SMARTS) is 1. The van der Waals surface area contributed by atoms with Crippen molar-refractivity contribution in [2.24, 2.45) is 5.92 Å². The second-order valence-electron chi connectivity index (χ2n) is 8.80. The number of ether oxygens (including phenoxy) is 1. The molecule has 0 aliphatic heterocycles. The molecule has 2 aromatic carbocycles. The normalized spacial score (nSPS) is 20.6. The molecule has 172 valence electrons. The lowest BCUT2D eigenvalue weighted by Gasteiger charge is -2.37. The summed E-state index contributed by atoms with van der Waals surface area (Å²) in [5, 5.41) is 19.5. The van der Waals surface area contributed by atoms with Crippen LogP contribution < -0.4 is 4.74 Å². The summed E-state index contributed by atoms with van der Waals surface area (Å²) in [6, 6.07) is 16.2. The minimum atomic E-state index is -0.867. The van der Waals surface area contributed by atoms with Gasteiger partial charge < -0.3 is 9.84 Å². The van der Waals surface area contributed by atoms with E-state index in [1.54, 1.807) is 24.3 Å². The Hall–Kier alpha value is -3.39. The van der Waals surface area contributed by atoms with E-state index in [2.05, 4.69) is 6.92 Å². The molecule has 0 aromatic heterocycles. The fourth-order valence-electron chi connectivity index (χ4n) is 4.65. The first kappa shape index (κ1) is 24.3. The summed E-state index contributed by atoms with van der Waals surface area (Å²) in [6.07, 6.45) is 7.74. The Morgan fingerprint density at radius 1 is 1.09 bits per heavy atom. The summed E-state index contributed by atoms with van der Waals surface area (Å²) in [5.41, 5.74) is 1.57. The van der Waals surface area contributed by atoms with E-state index in [0.29, 0.717) is 30.1 Å². The van der Waals surface area contributed by atoms with Gasteiger partial charge in [-0.2, -0.15) is 5.26 Å². The van der Waals surface area contributed by atoms with Gasteiger partial charge in [0, 0.05) is 0 Å². The van der Waals surface area contributed by atoms with E-state index in [0.717, 1.165) is 43.2 Å². The van der Waals surface area contributed by atoms with E-state index in [9.17, 15) is 20.0 Å². The number of hydrogen-bond donors (Lipinski definition) is 1. The van der Waals surface area contributed by atoms with E-state index in [1.807, 2.05) is 37.3 Å². The van der Waals surface area contributed by atoms with Crippen LogP contribution in [0.25, 0.3) is 6.08 Å². The molecule has 5 nitrogen and oxygen atoms in total. The summed E-state index contributed by atoms with van der Waals surface area (Å²) in [5.74, 6) is -0.513. The highest BCUT2D eigenvalue weighted by Crippen LogP contribution is 2.43. The molecule has 1 aliphatic carbocycles.